The van der Waals surface area contributed by atoms with E-state index < -0.39 is 12.3 Å². The van der Waals surface area contributed by atoms with Crippen LogP contribution in [-0.2, 0) is 0 Å². The van der Waals surface area contributed by atoms with Crippen LogP contribution in [0.3, 0.4) is 0 Å². The Labute approximate surface area is 91.7 Å². The number of carboxylic acid groups (broad SMARTS) is 3. The Morgan fingerprint density at radius 2 is 1.62 bits per heavy atom. The average molecular weight is 228 g/mol. The molecule has 1 aromatic carbocycles. The van der Waals surface area contributed by atoms with Crippen molar-refractivity contribution in [3.8, 4) is 5.75 Å². The van der Waals surface area contributed by atoms with Gasteiger partial charge in [0.15, 0.2) is 0 Å². The van der Waals surface area contributed by atoms with E-state index in [-0.39, 0.29) is 0 Å². The minimum atomic E-state index is -1.83. The van der Waals surface area contributed by atoms with Gasteiger partial charge in [-0.05, 0) is 31.0 Å². The number of rotatable bonds is 1. The van der Waals surface area contributed by atoms with Crippen LogP contribution in [0.1, 0.15) is 11.1 Å². The van der Waals surface area contributed by atoms with Gasteiger partial charge in [-0.15, -0.1) is 0 Å². The van der Waals surface area contributed by atoms with Crippen LogP contribution in [0, 0.1) is 13.8 Å². The van der Waals surface area contributed by atoms with Gasteiger partial charge < -0.3 is 20.1 Å². The fourth-order valence-corrected chi connectivity index (χ4v) is 0.929. The maximum atomic E-state index is 10.2. The smallest absolute Gasteiger partial charge is 0.450 e. The van der Waals surface area contributed by atoms with Crippen LogP contribution < -0.4 is 4.74 Å². The molecule has 6 heteroatoms. The van der Waals surface area contributed by atoms with Crippen molar-refractivity contribution in [1.82, 2.24) is 0 Å². The molecule has 0 radical (unpaired) electrons. The van der Waals surface area contributed by atoms with E-state index in [4.69, 9.17) is 20.1 Å². The molecule has 3 N–H and O–H groups in total. The van der Waals surface area contributed by atoms with Crippen LogP contribution in [-0.4, -0.2) is 27.6 Å². The Kier molecular flexibility index (Phi) is 5.40. The lowest BCUT2D eigenvalue weighted by atomic mass is 10.1. The minimum Gasteiger partial charge on any atom is -0.450 e. The van der Waals surface area contributed by atoms with Crippen molar-refractivity contribution in [3.05, 3.63) is 29.3 Å². The Hall–Kier alpha value is -2.24. The van der Waals surface area contributed by atoms with Crippen LogP contribution >= 0.6 is 0 Å². The number of hydrogen-bond acceptors (Lipinski definition) is 3. The molecule has 0 aliphatic rings. The van der Waals surface area contributed by atoms with Gasteiger partial charge in [0.1, 0.15) is 5.75 Å². The first kappa shape index (κ1) is 13.8. The maximum absolute atomic E-state index is 10.2. The van der Waals surface area contributed by atoms with Gasteiger partial charge in [-0.25, -0.2) is 9.59 Å². The van der Waals surface area contributed by atoms with Gasteiger partial charge in [0.25, 0.3) is 0 Å². The van der Waals surface area contributed by atoms with Crippen molar-refractivity contribution in [3.63, 3.8) is 0 Å². The zero-order valence-electron chi connectivity index (χ0n) is 8.80. The van der Waals surface area contributed by atoms with Crippen molar-refractivity contribution in [1.29, 1.82) is 0 Å². The Bertz CT molecular complexity index is 381. The molecule has 0 fully saturated rings. The largest absolute Gasteiger partial charge is 0.511 e. The Morgan fingerprint density at radius 3 is 2.06 bits per heavy atom. The van der Waals surface area contributed by atoms with E-state index in [0.717, 1.165) is 11.1 Å². The molecule has 0 heterocycles. The molecule has 0 bridgehead atoms. The molecule has 6 nitrogen and oxygen atoms in total. The van der Waals surface area contributed by atoms with Crippen LogP contribution in [0.2, 0.25) is 0 Å². The van der Waals surface area contributed by atoms with Gasteiger partial charge in [-0.2, -0.15) is 0 Å². The molecule has 0 unspecified atom stereocenters. The summed E-state index contributed by atoms with van der Waals surface area (Å²) in [5.41, 5.74) is 1.88. The predicted molar refractivity (Wildman–Crippen MR) is 55.2 cm³/mol. The number of carbonyl (C=O) groups is 2. The topological polar surface area (TPSA) is 104 Å². The number of aryl methyl sites for hydroxylation is 1. The van der Waals surface area contributed by atoms with Crippen molar-refractivity contribution >= 4 is 12.3 Å². The molecule has 0 amide bonds. The molecule has 1 rings (SSSR count). The second kappa shape index (κ2) is 6.28. The maximum Gasteiger partial charge on any atom is 0.511 e. The van der Waals surface area contributed by atoms with Crippen molar-refractivity contribution < 1.29 is 29.6 Å². The van der Waals surface area contributed by atoms with E-state index in [2.05, 4.69) is 4.74 Å². The Balaban J connectivity index is 0.000000487. The SMILES string of the molecule is Cc1cccc(OC(=O)O)c1C.O=C(O)O. The van der Waals surface area contributed by atoms with Gasteiger partial charge in [-0.3, -0.25) is 0 Å². The van der Waals surface area contributed by atoms with Gasteiger partial charge >= 0.3 is 12.3 Å². The van der Waals surface area contributed by atoms with E-state index in [9.17, 15) is 4.79 Å². The standard InChI is InChI=1S/C9H10O3.CH2O3/c1-6-4-3-5-8(7(6)2)12-9(10)11;2-1(3)4/h3-5H,1-2H3,(H,10,11);(H2,2,3,4). The second-order valence-electron chi connectivity index (χ2n) is 2.85. The molecule has 88 valence electrons. The Morgan fingerprint density at radius 1 is 1.12 bits per heavy atom. The van der Waals surface area contributed by atoms with Gasteiger partial charge in [-0.1, -0.05) is 12.1 Å². The third-order valence-corrected chi connectivity index (χ3v) is 1.75. The van der Waals surface area contributed by atoms with Crippen LogP contribution in [0.4, 0.5) is 9.59 Å². The van der Waals surface area contributed by atoms with E-state index >= 15 is 0 Å². The summed E-state index contributed by atoms with van der Waals surface area (Å²) in [4.78, 5) is 18.8. The number of benzene rings is 1. The van der Waals surface area contributed by atoms with Crippen LogP contribution in [0.25, 0.3) is 0 Å². The first-order valence-electron chi connectivity index (χ1n) is 4.23. The zero-order valence-corrected chi connectivity index (χ0v) is 8.80. The lowest BCUT2D eigenvalue weighted by Gasteiger charge is -2.05. The highest BCUT2D eigenvalue weighted by Crippen LogP contribution is 2.20. The van der Waals surface area contributed by atoms with Crippen molar-refractivity contribution in [2.24, 2.45) is 0 Å². The highest BCUT2D eigenvalue weighted by molar-refractivity contribution is 5.62. The minimum absolute atomic E-state index is 0.405. The summed E-state index contributed by atoms with van der Waals surface area (Å²) in [6, 6.07) is 5.31. The quantitative estimate of drug-likeness (QED) is 0.504. The third-order valence-electron chi connectivity index (χ3n) is 1.75. The molecular formula is C10H12O6. The molecule has 16 heavy (non-hydrogen) atoms. The molecule has 0 aliphatic carbocycles. The highest BCUT2D eigenvalue weighted by atomic mass is 16.7. The molecular weight excluding hydrogens is 216 g/mol. The van der Waals surface area contributed by atoms with Gasteiger partial charge in [0.05, 0.1) is 0 Å². The summed E-state index contributed by atoms with van der Waals surface area (Å²) in [5, 5.41) is 22.3. The summed E-state index contributed by atoms with van der Waals surface area (Å²) < 4.78 is 4.54. The van der Waals surface area contributed by atoms with E-state index in [1.165, 1.54) is 0 Å². The van der Waals surface area contributed by atoms with Crippen LogP contribution in [0.5, 0.6) is 5.75 Å². The van der Waals surface area contributed by atoms with Crippen LogP contribution in [0.15, 0.2) is 18.2 Å². The average Bonchev–Trinajstić information content (AvgIpc) is 2.11. The van der Waals surface area contributed by atoms with Crippen molar-refractivity contribution in [2.45, 2.75) is 13.8 Å². The zero-order chi connectivity index (χ0) is 12.7. The van der Waals surface area contributed by atoms with E-state index in [0.29, 0.717) is 5.75 Å². The van der Waals surface area contributed by atoms with E-state index in [1.54, 1.807) is 12.1 Å². The first-order valence-corrected chi connectivity index (χ1v) is 4.23. The van der Waals surface area contributed by atoms with E-state index in [1.807, 2.05) is 19.9 Å². The fourth-order valence-electron chi connectivity index (χ4n) is 0.929. The summed E-state index contributed by atoms with van der Waals surface area (Å²) in [5.74, 6) is 0.405. The summed E-state index contributed by atoms with van der Waals surface area (Å²) >= 11 is 0. The van der Waals surface area contributed by atoms with Gasteiger partial charge in [0, 0.05) is 0 Å². The van der Waals surface area contributed by atoms with Gasteiger partial charge in [0.2, 0.25) is 0 Å². The number of hydrogen-bond donors (Lipinski definition) is 3. The lowest BCUT2D eigenvalue weighted by Crippen LogP contribution is -2.04. The fraction of sp³-hybridized carbons (Fsp3) is 0.200. The molecule has 0 saturated carbocycles. The highest BCUT2D eigenvalue weighted by Gasteiger charge is 2.04. The summed E-state index contributed by atoms with van der Waals surface area (Å²) in [6.45, 7) is 3.73. The summed E-state index contributed by atoms with van der Waals surface area (Å²) in [6.07, 6.45) is -3.11. The normalized spacial score (nSPS) is 8.62. The molecule has 0 atom stereocenters. The number of ether oxygens (including phenoxy) is 1. The second-order valence-corrected chi connectivity index (χ2v) is 2.85. The monoisotopic (exact) mass is 228 g/mol. The molecule has 0 aliphatic heterocycles. The lowest BCUT2D eigenvalue weighted by molar-refractivity contribution is 0.136. The predicted octanol–water partition coefficient (Wildman–Crippen LogP) is 2.58. The molecule has 0 spiro atoms. The first-order chi connectivity index (χ1) is 7.34. The third kappa shape index (κ3) is 5.48. The molecule has 0 saturated heterocycles. The molecule has 1 aromatic rings. The molecule has 0 aromatic heterocycles. The van der Waals surface area contributed by atoms with Crippen molar-refractivity contribution in [2.75, 3.05) is 0 Å². The summed E-state index contributed by atoms with van der Waals surface area (Å²) in [7, 11) is 0.